The number of aromatic nitrogens is 1. The summed E-state index contributed by atoms with van der Waals surface area (Å²) in [7, 11) is 1.62. The molecule has 0 unspecified atom stereocenters. The lowest BCUT2D eigenvalue weighted by molar-refractivity contribution is 0.134. The van der Waals surface area contributed by atoms with Gasteiger partial charge >= 0.3 is 0 Å². The zero-order chi connectivity index (χ0) is 11.6. The summed E-state index contributed by atoms with van der Waals surface area (Å²) < 4.78 is 10.4. The second kappa shape index (κ2) is 7.93. The van der Waals surface area contributed by atoms with E-state index in [1.54, 1.807) is 7.11 Å². The molecule has 0 fully saturated rings. The first-order valence-corrected chi connectivity index (χ1v) is 5.69. The van der Waals surface area contributed by atoms with E-state index in [4.69, 9.17) is 9.47 Å². The largest absolute Gasteiger partial charge is 0.481 e. The molecule has 0 atom stereocenters. The molecule has 0 aromatic carbocycles. The zero-order valence-electron chi connectivity index (χ0n) is 10.0. The minimum atomic E-state index is 0.632. The van der Waals surface area contributed by atoms with Gasteiger partial charge in [0.2, 0.25) is 5.88 Å². The zero-order valence-corrected chi connectivity index (χ0v) is 10.0. The molecule has 0 aliphatic carbocycles. The summed E-state index contributed by atoms with van der Waals surface area (Å²) in [5, 5.41) is 3.23. The number of hydrogen-bond donors (Lipinski definition) is 1. The summed E-state index contributed by atoms with van der Waals surface area (Å²) in [6, 6.07) is 5.67. The van der Waals surface area contributed by atoms with Crippen molar-refractivity contribution in [1.82, 2.24) is 4.98 Å². The van der Waals surface area contributed by atoms with Gasteiger partial charge in [-0.3, -0.25) is 0 Å². The monoisotopic (exact) mass is 224 g/mol. The molecule has 4 nitrogen and oxygen atoms in total. The van der Waals surface area contributed by atoms with Crippen LogP contribution in [-0.2, 0) is 4.74 Å². The third-order valence-electron chi connectivity index (χ3n) is 2.05. The van der Waals surface area contributed by atoms with Crippen LogP contribution in [0.2, 0.25) is 0 Å². The number of pyridine rings is 1. The van der Waals surface area contributed by atoms with E-state index in [1.165, 1.54) is 0 Å². The first-order chi connectivity index (χ1) is 7.86. The van der Waals surface area contributed by atoms with E-state index in [0.717, 1.165) is 38.4 Å². The predicted octanol–water partition coefficient (Wildman–Crippen LogP) is 2.32. The molecule has 4 heteroatoms. The maximum atomic E-state index is 5.38. The van der Waals surface area contributed by atoms with E-state index in [2.05, 4.69) is 17.2 Å². The van der Waals surface area contributed by atoms with Crippen LogP contribution in [0.25, 0.3) is 0 Å². The quantitative estimate of drug-likeness (QED) is 0.688. The highest BCUT2D eigenvalue weighted by atomic mass is 16.5. The van der Waals surface area contributed by atoms with Crippen LogP contribution in [0.3, 0.4) is 0 Å². The Morgan fingerprint density at radius 1 is 1.31 bits per heavy atom. The molecule has 0 radical (unpaired) electrons. The van der Waals surface area contributed by atoms with Gasteiger partial charge in [0, 0.05) is 25.8 Å². The molecule has 0 aliphatic rings. The summed E-state index contributed by atoms with van der Waals surface area (Å²) in [5.41, 5.74) is 0. The minimum absolute atomic E-state index is 0.632. The van der Waals surface area contributed by atoms with Crippen molar-refractivity contribution in [2.45, 2.75) is 19.8 Å². The number of anilines is 1. The molecule has 1 rings (SSSR count). The lowest BCUT2D eigenvalue weighted by Gasteiger charge is -2.07. The Balaban J connectivity index is 2.16. The van der Waals surface area contributed by atoms with Crippen molar-refractivity contribution < 1.29 is 9.47 Å². The van der Waals surface area contributed by atoms with Crippen molar-refractivity contribution in [3.63, 3.8) is 0 Å². The molecule has 0 amide bonds. The molecule has 90 valence electrons. The van der Waals surface area contributed by atoms with Crippen LogP contribution < -0.4 is 10.1 Å². The van der Waals surface area contributed by atoms with Crippen LogP contribution in [0.1, 0.15) is 19.8 Å². The predicted molar refractivity (Wildman–Crippen MR) is 65.0 cm³/mol. The smallest absolute Gasteiger partial charge is 0.214 e. The second-order valence-corrected chi connectivity index (χ2v) is 3.46. The standard InChI is InChI=1S/C12H20N2O2/c1-3-9-16-10-5-8-13-11-6-4-7-12(14-11)15-2/h4,6-7H,3,5,8-10H2,1-2H3,(H,13,14). The third kappa shape index (κ3) is 4.98. The highest BCUT2D eigenvalue weighted by molar-refractivity contribution is 5.36. The maximum Gasteiger partial charge on any atom is 0.214 e. The molecule has 0 spiro atoms. The van der Waals surface area contributed by atoms with Crippen LogP contribution in [0.4, 0.5) is 5.82 Å². The Morgan fingerprint density at radius 3 is 2.94 bits per heavy atom. The van der Waals surface area contributed by atoms with E-state index in [0.29, 0.717) is 5.88 Å². The number of ether oxygens (including phenoxy) is 2. The van der Waals surface area contributed by atoms with E-state index < -0.39 is 0 Å². The van der Waals surface area contributed by atoms with Gasteiger partial charge in [-0.25, -0.2) is 0 Å². The highest BCUT2D eigenvalue weighted by Gasteiger charge is 1.96. The van der Waals surface area contributed by atoms with Gasteiger partial charge in [0.15, 0.2) is 0 Å². The first-order valence-electron chi connectivity index (χ1n) is 5.69. The molecule has 1 heterocycles. The van der Waals surface area contributed by atoms with Gasteiger partial charge in [-0.15, -0.1) is 0 Å². The fourth-order valence-corrected chi connectivity index (χ4v) is 1.26. The first kappa shape index (κ1) is 12.8. The molecule has 1 N–H and O–H groups in total. The van der Waals surface area contributed by atoms with E-state index in [9.17, 15) is 0 Å². The maximum absolute atomic E-state index is 5.38. The summed E-state index contributed by atoms with van der Waals surface area (Å²) in [6.45, 7) is 4.62. The summed E-state index contributed by atoms with van der Waals surface area (Å²) >= 11 is 0. The van der Waals surface area contributed by atoms with Crippen molar-refractivity contribution in [3.8, 4) is 5.88 Å². The molecule has 1 aromatic heterocycles. The summed E-state index contributed by atoms with van der Waals surface area (Å²) in [5.74, 6) is 1.47. The molecule has 0 bridgehead atoms. The lowest BCUT2D eigenvalue weighted by atomic mass is 10.4. The number of nitrogens with zero attached hydrogens (tertiary/aromatic N) is 1. The van der Waals surface area contributed by atoms with Crippen molar-refractivity contribution in [2.75, 3.05) is 32.2 Å². The molecular formula is C12H20N2O2. The normalized spacial score (nSPS) is 10.1. The molecule has 0 saturated heterocycles. The molecule has 0 aliphatic heterocycles. The Kier molecular flexibility index (Phi) is 6.33. The van der Waals surface area contributed by atoms with E-state index >= 15 is 0 Å². The van der Waals surface area contributed by atoms with Crippen LogP contribution in [0, 0.1) is 0 Å². The van der Waals surface area contributed by atoms with Crippen molar-refractivity contribution >= 4 is 5.82 Å². The van der Waals surface area contributed by atoms with Crippen LogP contribution in [0.15, 0.2) is 18.2 Å². The number of nitrogens with one attached hydrogen (secondary N) is 1. The molecule has 1 aromatic rings. The Bertz CT molecular complexity index is 292. The van der Waals surface area contributed by atoms with E-state index in [1.807, 2.05) is 18.2 Å². The Hall–Kier alpha value is -1.29. The van der Waals surface area contributed by atoms with Crippen LogP contribution in [0.5, 0.6) is 5.88 Å². The van der Waals surface area contributed by atoms with Crippen molar-refractivity contribution in [2.24, 2.45) is 0 Å². The third-order valence-corrected chi connectivity index (χ3v) is 2.05. The average molecular weight is 224 g/mol. The molecule has 16 heavy (non-hydrogen) atoms. The highest BCUT2D eigenvalue weighted by Crippen LogP contribution is 2.10. The average Bonchev–Trinajstić information content (AvgIpc) is 2.34. The fourth-order valence-electron chi connectivity index (χ4n) is 1.26. The number of hydrogen-bond acceptors (Lipinski definition) is 4. The molecule has 0 saturated carbocycles. The van der Waals surface area contributed by atoms with Crippen LogP contribution >= 0.6 is 0 Å². The number of methoxy groups -OCH3 is 1. The van der Waals surface area contributed by atoms with Crippen molar-refractivity contribution in [1.29, 1.82) is 0 Å². The van der Waals surface area contributed by atoms with Gasteiger partial charge in [-0.2, -0.15) is 4.98 Å². The lowest BCUT2D eigenvalue weighted by Crippen LogP contribution is -2.07. The Morgan fingerprint density at radius 2 is 2.19 bits per heavy atom. The minimum Gasteiger partial charge on any atom is -0.481 e. The number of rotatable bonds is 8. The summed E-state index contributed by atoms with van der Waals surface area (Å²) in [4.78, 5) is 4.25. The van der Waals surface area contributed by atoms with Crippen molar-refractivity contribution in [3.05, 3.63) is 18.2 Å². The van der Waals surface area contributed by atoms with Gasteiger partial charge in [0.25, 0.3) is 0 Å². The topological polar surface area (TPSA) is 43.4 Å². The van der Waals surface area contributed by atoms with Gasteiger partial charge in [0.1, 0.15) is 5.82 Å². The van der Waals surface area contributed by atoms with Crippen LogP contribution in [-0.4, -0.2) is 31.9 Å². The second-order valence-electron chi connectivity index (χ2n) is 3.46. The van der Waals surface area contributed by atoms with Gasteiger partial charge in [-0.1, -0.05) is 13.0 Å². The fraction of sp³-hybridized carbons (Fsp3) is 0.583. The molecular weight excluding hydrogens is 204 g/mol. The van der Waals surface area contributed by atoms with Gasteiger partial charge < -0.3 is 14.8 Å². The van der Waals surface area contributed by atoms with E-state index in [-0.39, 0.29) is 0 Å². The van der Waals surface area contributed by atoms with Gasteiger partial charge in [0.05, 0.1) is 7.11 Å². The summed E-state index contributed by atoms with van der Waals surface area (Å²) in [6.07, 6.45) is 2.06. The van der Waals surface area contributed by atoms with Gasteiger partial charge in [-0.05, 0) is 18.9 Å². The SMILES string of the molecule is CCCOCCCNc1cccc(OC)n1. The Labute approximate surface area is 97.0 Å².